The normalized spacial score (nSPS) is 11.3. The lowest BCUT2D eigenvalue weighted by Gasteiger charge is -2.09. The molecule has 0 saturated carbocycles. The Kier molecular flexibility index (Phi) is 36.7. The van der Waals surface area contributed by atoms with Gasteiger partial charge in [0.1, 0.15) is 6.61 Å². The number of hydrogen-bond acceptors (Lipinski definition) is 10. The van der Waals surface area contributed by atoms with Crippen LogP contribution >= 0.6 is 0 Å². The number of carbonyl (C=O) groups excluding carboxylic acids is 1. The first-order chi connectivity index (χ1) is 21.7. The highest BCUT2D eigenvalue weighted by atomic mass is 16.6. The molecule has 0 saturated heterocycles. The van der Waals surface area contributed by atoms with Crippen LogP contribution in [0, 0.1) is 0 Å². The summed E-state index contributed by atoms with van der Waals surface area (Å²) >= 11 is 0. The first-order valence-corrected chi connectivity index (χ1v) is 17.1. The predicted molar refractivity (Wildman–Crippen MR) is 169 cm³/mol. The monoisotopic (exact) mass is 636 g/mol. The van der Waals surface area contributed by atoms with E-state index in [1.165, 1.54) is 64.2 Å². The van der Waals surface area contributed by atoms with E-state index >= 15 is 0 Å². The molecule has 262 valence electrons. The molecule has 0 radical (unpaired) electrons. The fourth-order valence-corrected chi connectivity index (χ4v) is 4.12. The zero-order valence-electron chi connectivity index (χ0n) is 27.7. The van der Waals surface area contributed by atoms with E-state index in [9.17, 15) is 9.59 Å². The molecule has 0 spiro atoms. The van der Waals surface area contributed by atoms with Gasteiger partial charge in [0.05, 0.1) is 85.9 Å². The Morgan fingerprint density at radius 1 is 0.386 bits per heavy atom. The average molecular weight is 637 g/mol. The number of carboxylic acid groups (broad SMARTS) is 1. The highest BCUT2D eigenvalue weighted by Crippen LogP contribution is 2.11. The summed E-state index contributed by atoms with van der Waals surface area (Å²) in [6.45, 7) is 9.68. The predicted octanol–water partition coefficient (Wildman–Crippen LogP) is 5.60. The summed E-state index contributed by atoms with van der Waals surface area (Å²) in [5, 5.41) is 8.55. The molecule has 0 fully saturated rings. The fraction of sp³-hybridized carbons (Fsp3) is 0.939. The number of aliphatic carboxylic acids is 1. The number of carbonyl (C=O) groups is 2. The molecule has 11 nitrogen and oxygen atoms in total. The Bertz CT molecular complexity index is 592. The van der Waals surface area contributed by atoms with E-state index < -0.39 is 5.97 Å². The van der Waals surface area contributed by atoms with E-state index in [0.29, 0.717) is 98.7 Å². The highest BCUT2D eigenvalue weighted by molar-refractivity contribution is 5.69. The molecule has 0 bridgehead atoms. The quantitative estimate of drug-likeness (QED) is 0.0672. The number of esters is 1. The molecule has 0 rings (SSSR count). The molecule has 0 amide bonds. The first kappa shape index (κ1) is 42.7. The van der Waals surface area contributed by atoms with Crippen molar-refractivity contribution >= 4 is 11.9 Å². The minimum atomic E-state index is -0.856. The highest BCUT2D eigenvalue weighted by Gasteiger charge is 2.04. The summed E-state index contributed by atoms with van der Waals surface area (Å²) in [5.41, 5.74) is 0. The topological polar surface area (TPSA) is 128 Å². The van der Waals surface area contributed by atoms with Crippen LogP contribution < -0.4 is 0 Å². The molecule has 0 aliphatic carbocycles. The van der Waals surface area contributed by atoms with Gasteiger partial charge < -0.3 is 43.0 Å². The van der Waals surface area contributed by atoms with Crippen LogP contribution in [0.4, 0.5) is 0 Å². The van der Waals surface area contributed by atoms with Gasteiger partial charge in [-0.25, -0.2) is 0 Å². The lowest BCUT2D eigenvalue weighted by molar-refractivity contribution is -0.146. The molecule has 0 atom stereocenters. The zero-order valence-corrected chi connectivity index (χ0v) is 27.7. The summed E-state index contributed by atoms with van der Waals surface area (Å²) in [5.74, 6) is -1.19. The van der Waals surface area contributed by atoms with Gasteiger partial charge in [-0.05, 0) is 19.3 Å². The maximum absolute atomic E-state index is 11.5. The van der Waals surface area contributed by atoms with Crippen LogP contribution in [-0.2, 0) is 47.5 Å². The number of ether oxygens (including phenoxy) is 8. The van der Waals surface area contributed by atoms with E-state index in [2.05, 4.69) is 6.92 Å². The van der Waals surface area contributed by atoms with Gasteiger partial charge in [-0.15, -0.1) is 0 Å². The second kappa shape index (κ2) is 37.8. The van der Waals surface area contributed by atoms with E-state index in [0.717, 1.165) is 13.0 Å². The third-order valence-electron chi connectivity index (χ3n) is 6.64. The average Bonchev–Trinajstić information content (AvgIpc) is 3.01. The van der Waals surface area contributed by atoms with E-state index in [-0.39, 0.29) is 25.4 Å². The van der Waals surface area contributed by atoms with Crippen LogP contribution in [0.15, 0.2) is 0 Å². The van der Waals surface area contributed by atoms with Crippen molar-refractivity contribution in [1.82, 2.24) is 0 Å². The van der Waals surface area contributed by atoms with E-state index in [1.54, 1.807) is 0 Å². The molecule has 0 unspecified atom stereocenters. The lowest BCUT2D eigenvalue weighted by Crippen LogP contribution is -2.15. The van der Waals surface area contributed by atoms with Gasteiger partial charge in [-0.1, -0.05) is 71.1 Å². The maximum atomic E-state index is 11.5. The van der Waals surface area contributed by atoms with Gasteiger partial charge in [-0.2, -0.15) is 0 Å². The largest absolute Gasteiger partial charge is 0.481 e. The van der Waals surface area contributed by atoms with E-state index in [1.807, 2.05) is 0 Å². The van der Waals surface area contributed by atoms with Crippen molar-refractivity contribution in [3.8, 4) is 0 Å². The molecule has 0 aromatic rings. The lowest BCUT2D eigenvalue weighted by atomic mass is 10.1. The molecule has 0 aromatic heterocycles. The number of carboxylic acids is 1. The van der Waals surface area contributed by atoms with Gasteiger partial charge in [0.2, 0.25) is 0 Å². The Morgan fingerprint density at radius 2 is 0.705 bits per heavy atom. The molecular weight excluding hydrogens is 572 g/mol. The van der Waals surface area contributed by atoms with Crippen molar-refractivity contribution in [3.05, 3.63) is 0 Å². The number of unbranched alkanes of at least 4 members (excludes halogenated alkanes) is 11. The Labute approximate surface area is 266 Å². The summed E-state index contributed by atoms with van der Waals surface area (Å²) in [6, 6.07) is 0. The summed E-state index contributed by atoms with van der Waals surface area (Å²) in [4.78, 5) is 21.9. The van der Waals surface area contributed by atoms with Crippen molar-refractivity contribution in [3.63, 3.8) is 0 Å². The SMILES string of the molecule is CCCCCCCCCCCCCOCCOCCOCCOCCOCCOCCOCCOC(=O)CCCCC(=O)O. The minimum absolute atomic E-state index is 0.0675. The van der Waals surface area contributed by atoms with Crippen LogP contribution in [0.1, 0.15) is 103 Å². The van der Waals surface area contributed by atoms with Gasteiger partial charge in [0.15, 0.2) is 0 Å². The van der Waals surface area contributed by atoms with Crippen LogP contribution in [0.3, 0.4) is 0 Å². The molecule has 1 N–H and O–H groups in total. The third kappa shape index (κ3) is 38.7. The molecule has 0 aliphatic heterocycles. The standard InChI is InChI=1S/C33H64O11/c1-2-3-4-5-6-7-8-9-10-11-14-17-37-18-19-38-20-21-39-22-23-40-24-25-41-26-27-42-28-29-43-30-31-44-33(36)16-13-12-15-32(34)35/h2-31H2,1H3,(H,34,35). The summed E-state index contributed by atoms with van der Waals surface area (Å²) < 4.78 is 43.4. The smallest absolute Gasteiger partial charge is 0.305 e. The van der Waals surface area contributed by atoms with Crippen molar-refractivity contribution in [2.24, 2.45) is 0 Å². The zero-order chi connectivity index (χ0) is 32.0. The molecular formula is C33H64O11. The van der Waals surface area contributed by atoms with Crippen molar-refractivity contribution in [2.45, 2.75) is 103 Å². The van der Waals surface area contributed by atoms with Crippen LogP contribution in [0.25, 0.3) is 0 Å². The van der Waals surface area contributed by atoms with E-state index in [4.69, 9.17) is 43.0 Å². The van der Waals surface area contributed by atoms with Crippen molar-refractivity contribution < 1.29 is 52.6 Å². The Morgan fingerprint density at radius 3 is 1.09 bits per heavy atom. The molecule has 0 heterocycles. The Hall–Kier alpha value is -1.34. The van der Waals surface area contributed by atoms with Crippen molar-refractivity contribution in [1.29, 1.82) is 0 Å². The van der Waals surface area contributed by atoms with Crippen LogP contribution in [-0.4, -0.2) is 116 Å². The summed E-state index contributed by atoms with van der Waals surface area (Å²) in [7, 11) is 0. The van der Waals surface area contributed by atoms with Gasteiger partial charge in [0.25, 0.3) is 0 Å². The van der Waals surface area contributed by atoms with Crippen molar-refractivity contribution in [2.75, 3.05) is 99.1 Å². The van der Waals surface area contributed by atoms with Gasteiger partial charge in [-0.3, -0.25) is 9.59 Å². The Balaban J connectivity index is 3.09. The second-order valence-corrected chi connectivity index (χ2v) is 10.6. The first-order valence-electron chi connectivity index (χ1n) is 17.1. The molecule has 0 aliphatic rings. The van der Waals surface area contributed by atoms with Gasteiger partial charge >= 0.3 is 11.9 Å². The minimum Gasteiger partial charge on any atom is -0.481 e. The number of rotatable bonds is 38. The second-order valence-electron chi connectivity index (χ2n) is 10.6. The van der Waals surface area contributed by atoms with Crippen LogP contribution in [0.5, 0.6) is 0 Å². The molecule has 11 heteroatoms. The fourth-order valence-electron chi connectivity index (χ4n) is 4.12. The third-order valence-corrected chi connectivity index (χ3v) is 6.64. The van der Waals surface area contributed by atoms with Gasteiger partial charge in [0, 0.05) is 19.4 Å². The van der Waals surface area contributed by atoms with Crippen LogP contribution in [0.2, 0.25) is 0 Å². The number of hydrogen-bond donors (Lipinski definition) is 1. The summed E-state index contributed by atoms with van der Waals surface area (Å²) in [6.07, 6.45) is 16.1. The maximum Gasteiger partial charge on any atom is 0.305 e. The molecule has 44 heavy (non-hydrogen) atoms. The molecule has 0 aromatic carbocycles.